The third-order valence-electron chi connectivity index (χ3n) is 4.14. The molecule has 0 spiro atoms. The van der Waals surface area contributed by atoms with E-state index in [0.717, 1.165) is 26.4 Å². The Morgan fingerprint density at radius 3 is 2.63 bits per heavy atom. The highest BCUT2D eigenvalue weighted by Crippen LogP contribution is 2.35. The van der Waals surface area contributed by atoms with Crippen molar-refractivity contribution in [3.63, 3.8) is 0 Å². The topological polar surface area (TPSA) is 55.7 Å². The molecule has 7 heteroatoms. The second-order valence-electron chi connectivity index (χ2n) is 5.95. The Kier molecular flexibility index (Phi) is 6.13. The predicted molar refractivity (Wildman–Crippen MR) is 115 cm³/mol. The van der Waals surface area contributed by atoms with E-state index >= 15 is 0 Å². The average molecular weight is 446 g/mol. The van der Waals surface area contributed by atoms with Gasteiger partial charge in [-0.15, -0.1) is 11.3 Å². The molecule has 5 nitrogen and oxygen atoms in total. The largest absolute Gasteiger partial charge is 0.493 e. The number of hydrogen-bond acceptors (Lipinski definition) is 6. The van der Waals surface area contributed by atoms with Crippen LogP contribution in [0.5, 0.6) is 11.5 Å². The zero-order chi connectivity index (χ0) is 19.4. The highest BCUT2D eigenvalue weighted by atomic mass is 79.9. The van der Waals surface area contributed by atoms with Crippen molar-refractivity contribution in [1.29, 1.82) is 0 Å². The van der Waals surface area contributed by atoms with Crippen molar-refractivity contribution in [2.75, 3.05) is 19.6 Å². The summed E-state index contributed by atoms with van der Waals surface area (Å²) in [6, 6.07) is 10.1. The van der Waals surface area contributed by atoms with Crippen LogP contribution >= 0.6 is 27.3 Å². The molecule has 0 fully saturated rings. The van der Waals surface area contributed by atoms with Gasteiger partial charge in [0.1, 0.15) is 0 Å². The Morgan fingerprint density at radius 1 is 1.11 bits per heavy atom. The molecule has 1 N–H and O–H groups in total. The van der Waals surface area contributed by atoms with Gasteiger partial charge in [-0.2, -0.15) is 5.10 Å². The Bertz CT molecular complexity index is 985. The van der Waals surface area contributed by atoms with Crippen LogP contribution in [0.25, 0.3) is 11.3 Å². The van der Waals surface area contributed by atoms with Crippen molar-refractivity contribution in [2.24, 2.45) is 5.10 Å². The number of hydrazone groups is 1. The van der Waals surface area contributed by atoms with Crippen LogP contribution in [0, 0.1) is 13.8 Å². The van der Waals surface area contributed by atoms with Gasteiger partial charge in [-0.05, 0) is 64.7 Å². The normalized spacial score (nSPS) is 11.0. The van der Waals surface area contributed by atoms with Gasteiger partial charge in [-0.1, -0.05) is 12.1 Å². The zero-order valence-corrected chi connectivity index (χ0v) is 17.9. The molecule has 1 heterocycles. The van der Waals surface area contributed by atoms with E-state index in [0.29, 0.717) is 11.5 Å². The molecule has 0 amide bonds. The van der Waals surface area contributed by atoms with E-state index in [1.165, 1.54) is 22.5 Å². The summed E-state index contributed by atoms with van der Waals surface area (Å²) in [7, 11) is 3.21. The van der Waals surface area contributed by atoms with Crippen molar-refractivity contribution in [1.82, 2.24) is 4.98 Å². The maximum Gasteiger partial charge on any atom is 0.203 e. The van der Waals surface area contributed by atoms with Gasteiger partial charge >= 0.3 is 0 Å². The Balaban J connectivity index is 1.73. The fraction of sp³-hybridized carbons (Fsp3) is 0.200. The van der Waals surface area contributed by atoms with Crippen LogP contribution in [0.15, 0.2) is 45.3 Å². The van der Waals surface area contributed by atoms with Crippen LogP contribution in [-0.2, 0) is 0 Å². The number of anilines is 1. The molecule has 3 aromatic rings. The van der Waals surface area contributed by atoms with E-state index in [1.54, 1.807) is 20.4 Å². The first kappa shape index (κ1) is 19.4. The molecule has 0 aliphatic carbocycles. The number of aryl methyl sites for hydroxylation is 2. The lowest BCUT2D eigenvalue weighted by atomic mass is 10.1. The minimum absolute atomic E-state index is 0.639. The Hall–Kier alpha value is -2.38. The molecule has 1 aromatic heterocycles. The molecule has 0 aliphatic heterocycles. The van der Waals surface area contributed by atoms with Gasteiger partial charge in [0.25, 0.3) is 0 Å². The molecule has 0 atom stereocenters. The van der Waals surface area contributed by atoms with Gasteiger partial charge in [0, 0.05) is 10.9 Å². The summed E-state index contributed by atoms with van der Waals surface area (Å²) in [5.74, 6) is 1.29. The molecule has 2 aromatic carbocycles. The fourth-order valence-corrected chi connectivity index (χ4v) is 3.82. The van der Waals surface area contributed by atoms with E-state index in [-0.39, 0.29) is 0 Å². The molecule has 0 radical (unpaired) electrons. The number of nitrogens with one attached hydrogen (secondary N) is 1. The summed E-state index contributed by atoms with van der Waals surface area (Å²) in [6.45, 7) is 4.21. The molecule has 0 saturated carbocycles. The lowest BCUT2D eigenvalue weighted by molar-refractivity contribution is 0.353. The number of thiazole rings is 1. The summed E-state index contributed by atoms with van der Waals surface area (Å²) in [6.07, 6.45) is 1.71. The molecule has 0 unspecified atom stereocenters. The van der Waals surface area contributed by atoms with Crippen LogP contribution in [0.2, 0.25) is 0 Å². The number of methoxy groups -OCH3 is 2. The first-order chi connectivity index (χ1) is 13.0. The van der Waals surface area contributed by atoms with Crippen molar-refractivity contribution in [3.8, 4) is 22.8 Å². The molecule has 0 aliphatic rings. The number of benzene rings is 2. The van der Waals surface area contributed by atoms with E-state index in [2.05, 4.69) is 63.5 Å². The Morgan fingerprint density at radius 2 is 1.93 bits per heavy atom. The third-order valence-corrected chi connectivity index (χ3v) is 5.47. The molecular formula is C20H20BrN3O2S. The Labute approximate surface area is 171 Å². The summed E-state index contributed by atoms with van der Waals surface area (Å²) >= 11 is 4.99. The fourth-order valence-electron chi connectivity index (χ4n) is 2.53. The second kappa shape index (κ2) is 8.54. The van der Waals surface area contributed by atoms with E-state index in [1.807, 2.05) is 17.5 Å². The molecule has 3 rings (SSSR count). The van der Waals surface area contributed by atoms with Crippen LogP contribution in [0.1, 0.15) is 16.7 Å². The zero-order valence-electron chi connectivity index (χ0n) is 15.5. The van der Waals surface area contributed by atoms with Crippen LogP contribution in [0.3, 0.4) is 0 Å². The lowest BCUT2D eigenvalue weighted by Gasteiger charge is -2.10. The highest BCUT2D eigenvalue weighted by Gasteiger charge is 2.10. The third kappa shape index (κ3) is 4.48. The highest BCUT2D eigenvalue weighted by molar-refractivity contribution is 9.10. The van der Waals surface area contributed by atoms with E-state index in [9.17, 15) is 0 Å². The van der Waals surface area contributed by atoms with Crippen LogP contribution in [0.4, 0.5) is 5.13 Å². The monoisotopic (exact) mass is 445 g/mol. The second-order valence-corrected chi connectivity index (χ2v) is 7.66. The summed E-state index contributed by atoms with van der Waals surface area (Å²) in [5, 5.41) is 7.04. The number of rotatable bonds is 6. The molecular weight excluding hydrogens is 426 g/mol. The van der Waals surface area contributed by atoms with Gasteiger partial charge in [0.15, 0.2) is 11.5 Å². The molecule has 0 saturated heterocycles. The number of ether oxygens (including phenoxy) is 2. The predicted octanol–water partition coefficient (Wildman–Crippen LogP) is 5.65. The minimum Gasteiger partial charge on any atom is -0.493 e. The van der Waals surface area contributed by atoms with Crippen molar-refractivity contribution in [3.05, 3.63) is 56.9 Å². The summed E-state index contributed by atoms with van der Waals surface area (Å²) < 4.78 is 11.5. The smallest absolute Gasteiger partial charge is 0.203 e. The molecule has 140 valence electrons. The summed E-state index contributed by atoms with van der Waals surface area (Å²) in [5.41, 5.74) is 8.44. The standard InChI is InChI=1S/C20H20BrN3O2S/c1-12-5-6-15(7-13(12)2)17-11-27-20(23-17)24-22-10-14-8-16(21)19(26-4)18(9-14)25-3/h5-11H,1-4H3,(H,23,24)/b22-10-. The average Bonchev–Trinajstić information content (AvgIpc) is 3.12. The van der Waals surface area contributed by atoms with E-state index in [4.69, 9.17) is 9.47 Å². The SMILES string of the molecule is COc1cc(/C=N\Nc2nc(-c3ccc(C)c(C)c3)cs2)cc(Br)c1OC. The quantitative estimate of drug-likeness (QED) is 0.393. The first-order valence-corrected chi connectivity index (χ1v) is 9.93. The van der Waals surface area contributed by atoms with Crippen LogP contribution in [-0.4, -0.2) is 25.4 Å². The minimum atomic E-state index is 0.639. The van der Waals surface area contributed by atoms with Crippen molar-refractivity contribution in [2.45, 2.75) is 13.8 Å². The van der Waals surface area contributed by atoms with E-state index < -0.39 is 0 Å². The maximum absolute atomic E-state index is 5.35. The number of nitrogens with zero attached hydrogens (tertiary/aromatic N) is 2. The van der Waals surface area contributed by atoms with Crippen molar-refractivity contribution < 1.29 is 9.47 Å². The lowest BCUT2D eigenvalue weighted by Crippen LogP contribution is -1.95. The van der Waals surface area contributed by atoms with Gasteiger partial charge in [-0.3, -0.25) is 5.43 Å². The van der Waals surface area contributed by atoms with Gasteiger partial charge in [0.2, 0.25) is 5.13 Å². The van der Waals surface area contributed by atoms with Crippen molar-refractivity contribution >= 4 is 38.6 Å². The van der Waals surface area contributed by atoms with Gasteiger partial charge in [0.05, 0.1) is 30.6 Å². The number of aromatic nitrogens is 1. The number of hydrogen-bond donors (Lipinski definition) is 1. The van der Waals surface area contributed by atoms with Gasteiger partial charge < -0.3 is 9.47 Å². The number of halogens is 1. The molecule has 27 heavy (non-hydrogen) atoms. The molecule has 0 bridgehead atoms. The van der Waals surface area contributed by atoms with Gasteiger partial charge in [-0.25, -0.2) is 4.98 Å². The maximum atomic E-state index is 5.35. The van der Waals surface area contributed by atoms with Crippen LogP contribution < -0.4 is 14.9 Å². The summed E-state index contributed by atoms with van der Waals surface area (Å²) in [4.78, 5) is 4.60. The first-order valence-electron chi connectivity index (χ1n) is 8.25.